The van der Waals surface area contributed by atoms with E-state index in [0.717, 1.165) is 48.1 Å². The van der Waals surface area contributed by atoms with Gasteiger partial charge in [-0.05, 0) is 68.4 Å². The predicted octanol–water partition coefficient (Wildman–Crippen LogP) is 8.12. The summed E-state index contributed by atoms with van der Waals surface area (Å²) in [7, 11) is 0. The highest BCUT2D eigenvalue weighted by molar-refractivity contribution is 5.83. The van der Waals surface area contributed by atoms with Gasteiger partial charge in [0.05, 0.1) is 12.1 Å². The van der Waals surface area contributed by atoms with Crippen LogP contribution in [0.4, 0.5) is 0 Å². The van der Waals surface area contributed by atoms with Crippen molar-refractivity contribution in [2.75, 3.05) is 26.2 Å². The number of fused-ring (bicyclic) bond motifs is 1. The molecule has 1 fully saturated rings. The van der Waals surface area contributed by atoms with E-state index in [9.17, 15) is 19.5 Å². The normalized spacial score (nSPS) is 19.3. The van der Waals surface area contributed by atoms with Crippen LogP contribution in [0.3, 0.4) is 0 Å². The van der Waals surface area contributed by atoms with Crippen molar-refractivity contribution in [1.29, 1.82) is 0 Å². The van der Waals surface area contributed by atoms with E-state index in [4.69, 9.17) is 4.74 Å². The van der Waals surface area contributed by atoms with Gasteiger partial charge < -0.3 is 20.5 Å². The highest BCUT2D eigenvalue weighted by atomic mass is 16.5. The number of nitrogens with zero attached hydrogens (tertiary/aromatic N) is 3. The van der Waals surface area contributed by atoms with Gasteiger partial charge in [-0.3, -0.25) is 29.2 Å². The summed E-state index contributed by atoms with van der Waals surface area (Å²) in [4.78, 5) is 50.0. The van der Waals surface area contributed by atoms with Crippen LogP contribution in [0.2, 0.25) is 0 Å². The molecule has 1 saturated heterocycles. The van der Waals surface area contributed by atoms with E-state index in [1.165, 1.54) is 51.4 Å². The number of aliphatic hydroxyl groups excluding tert-OH is 1. The lowest BCUT2D eigenvalue weighted by atomic mass is 9.91. The molecule has 1 aliphatic carbocycles. The van der Waals surface area contributed by atoms with E-state index in [0.29, 0.717) is 38.9 Å². The molecule has 0 radical (unpaired) electrons. The van der Waals surface area contributed by atoms with Gasteiger partial charge >= 0.3 is 5.97 Å². The molecule has 0 bridgehead atoms. The SMILES string of the molecule is CCCCCCCCCCCCCC(=O)O[C@@H]1Cc2ccccc2C1NC(=O)[C@@H](Cc1ccccc1)C[C@H](O)CN1CCN(Cc2cccnc2)C[C@H]1C(=O)NC(C)(C)C. The molecule has 10 heteroatoms. The third-order valence-electron chi connectivity index (χ3n) is 12.0. The average Bonchev–Trinajstić information content (AvgIpc) is 3.56. The molecule has 1 aromatic heterocycles. The molecule has 0 spiro atoms. The number of benzene rings is 2. The Labute approximate surface area is 360 Å². The number of aliphatic hydroxyl groups is 1. The topological polar surface area (TPSA) is 124 Å². The van der Waals surface area contributed by atoms with Crippen LogP contribution in [-0.2, 0) is 38.5 Å². The van der Waals surface area contributed by atoms with Crippen LogP contribution in [0.25, 0.3) is 0 Å². The summed E-state index contributed by atoms with van der Waals surface area (Å²) in [6.07, 6.45) is 17.2. The Morgan fingerprint density at radius 1 is 0.850 bits per heavy atom. The molecule has 1 unspecified atom stereocenters. The molecule has 2 aromatic carbocycles. The van der Waals surface area contributed by atoms with Crippen molar-refractivity contribution in [3.63, 3.8) is 0 Å². The summed E-state index contributed by atoms with van der Waals surface area (Å²) >= 11 is 0. The Kier molecular flexibility index (Phi) is 19.1. The summed E-state index contributed by atoms with van der Waals surface area (Å²) in [5.41, 5.74) is 3.70. The van der Waals surface area contributed by atoms with Crippen LogP contribution in [0, 0.1) is 5.92 Å². The third kappa shape index (κ3) is 15.7. The van der Waals surface area contributed by atoms with Gasteiger partial charge in [0.2, 0.25) is 11.8 Å². The van der Waals surface area contributed by atoms with Gasteiger partial charge in [-0.2, -0.15) is 0 Å². The molecule has 2 heterocycles. The zero-order valence-electron chi connectivity index (χ0n) is 37.0. The van der Waals surface area contributed by atoms with Crippen LogP contribution in [-0.4, -0.2) is 87.6 Å². The predicted molar refractivity (Wildman–Crippen MR) is 239 cm³/mol. The molecule has 60 heavy (non-hydrogen) atoms. The minimum Gasteiger partial charge on any atom is -0.459 e. The minimum atomic E-state index is -0.866. The van der Waals surface area contributed by atoms with Crippen molar-refractivity contribution in [2.45, 2.75) is 160 Å². The molecule has 2 aliphatic rings. The Balaban J connectivity index is 1.20. The number of ether oxygens (including phenoxy) is 1. The molecule has 2 amide bonds. The first-order chi connectivity index (χ1) is 29.0. The highest BCUT2D eigenvalue weighted by Crippen LogP contribution is 2.34. The first-order valence-electron chi connectivity index (χ1n) is 23.0. The largest absolute Gasteiger partial charge is 0.459 e. The van der Waals surface area contributed by atoms with E-state index < -0.39 is 35.7 Å². The van der Waals surface area contributed by atoms with Gasteiger partial charge in [0, 0.05) is 69.4 Å². The van der Waals surface area contributed by atoms with Gasteiger partial charge in [0.15, 0.2) is 0 Å². The lowest BCUT2D eigenvalue weighted by Crippen LogP contribution is -2.61. The Morgan fingerprint density at radius 2 is 1.52 bits per heavy atom. The monoisotopic (exact) mass is 824 g/mol. The molecule has 3 N–H and O–H groups in total. The third-order valence-corrected chi connectivity index (χ3v) is 12.0. The van der Waals surface area contributed by atoms with Crippen LogP contribution < -0.4 is 10.6 Å². The number of hydrogen-bond donors (Lipinski definition) is 3. The second-order valence-electron chi connectivity index (χ2n) is 18.3. The maximum Gasteiger partial charge on any atom is 0.306 e. The van der Waals surface area contributed by atoms with Crippen molar-refractivity contribution in [3.8, 4) is 0 Å². The first-order valence-corrected chi connectivity index (χ1v) is 23.0. The molecule has 5 rings (SSSR count). The zero-order valence-corrected chi connectivity index (χ0v) is 37.0. The second-order valence-corrected chi connectivity index (χ2v) is 18.3. The fourth-order valence-electron chi connectivity index (χ4n) is 8.82. The minimum absolute atomic E-state index is 0.0758. The summed E-state index contributed by atoms with van der Waals surface area (Å²) in [5.74, 6) is -1.04. The molecular weight excluding hydrogens is 751 g/mol. The molecule has 328 valence electrons. The lowest BCUT2D eigenvalue weighted by molar-refractivity contribution is -0.151. The van der Waals surface area contributed by atoms with E-state index >= 15 is 0 Å². The van der Waals surface area contributed by atoms with Crippen LogP contribution in [0.15, 0.2) is 79.1 Å². The van der Waals surface area contributed by atoms with E-state index in [2.05, 4.69) is 32.3 Å². The molecule has 10 nitrogen and oxygen atoms in total. The number of carbonyl (C=O) groups is 3. The zero-order chi connectivity index (χ0) is 42.7. The number of piperazine rings is 1. The molecular formula is C50H73N5O5. The van der Waals surface area contributed by atoms with Gasteiger partial charge in [-0.1, -0.05) is 132 Å². The second kappa shape index (κ2) is 24.4. The highest BCUT2D eigenvalue weighted by Gasteiger charge is 2.39. The smallest absolute Gasteiger partial charge is 0.306 e. The number of nitrogens with one attached hydrogen (secondary N) is 2. The van der Waals surface area contributed by atoms with E-state index in [1.807, 2.05) is 93.7 Å². The maximum absolute atomic E-state index is 14.5. The molecule has 5 atom stereocenters. The number of carbonyl (C=O) groups excluding carboxylic acids is 3. The molecule has 1 aliphatic heterocycles. The number of amides is 2. The lowest BCUT2D eigenvalue weighted by Gasteiger charge is -2.42. The van der Waals surface area contributed by atoms with Crippen molar-refractivity contribution >= 4 is 17.8 Å². The van der Waals surface area contributed by atoms with Crippen molar-refractivity contribution in [3.05, 3.63) is 101 Å². The summed E-state index contributed by atoms with van der Waals surface area (Å²) < 4.78 is 6.14. The fourth-order valence-corrected chi connectivity index (χ4v) is 8.82. The summed E-state index contributed by atoms with van der Waals surface area (Å²) in [6.45, 7) is 11.0. The van der Waals surface area contributed by atoms with E-state index in [1.54, 1.807) is 6.20 Å². The maximum atomic E-state index is 14.5. The Morgan fingerprint density at radius 3 is 2.20 bits per heavy atom. The quantitative estimate of drug-likeness (QED) is 0.0612. The Bertz CT molecular complexity index is 1730. The van der Waals surface area contributed by atoms with Crippen LogP contribution >= 0.6 is 0 Å². The standard InChI is InChI=1S/C50H73N5O5/c1-5-6-7-8-9-10-11-12-13-14-18-27-46(57)60-45-33-40-25-19-20-26-43(40)47(45)52-48(58)41(31-38-22-16-15-17-23-38)32-42(56)36-55-30-29-54(35-39-24-21-28-51-34-39)37-44(55)49(59)53-50(2,3)4/h15-17,19-26,28,34,41-42,44-45,47,56H,5-14,18,27,29-33,35-37H2,1-4H3,(H,52,58)(H,53,59)/t41-,42-,44-,45+,47?/m0/s1. The van der Waals surface area contributed by atoms with E-state index in [-0.39, 0.29) is 30.7 Å². The summed E-state index contributed by atoms with van der Waals surface area (Å²) in [6, 6.07) is 20.9. The van der Waals surface area contributed by atoms with Gasteiger partial charge in [0.1, 0.15) is 12.1 Å². The number of β-amino-alcohol motifs (C(OH)–C–C–N with tert-alkyl or cyclic N) is 1. The number of esters is 1. The van der Waals surface area contributed by atoms with Crippen molar-refractivity contribution in [2.24, 2.45) is 5.92 Å². The van der Waals surface area contributed by atoms with Gasteiger partial charge in [-0.25, -0.2) is 0 Å². The van der Waals surface area contributed by atoms with Gasteiger partial charge in [-0.15, -0.1) is 0 Å². The van der Waals surface area contributed by atoms with Crippen molar-refractivity contribution < 1.29 is 24.2 Å². The number of hydrogen-bond acceptors (Lipinski definition) is 8. The van der Waals surface area contributed by atoms with Crippen molar-refractivity contribution in [1.82, 2.24) is 25.4 Å². The fraction of sp³-hybridized carbons (Fsp3) is 0.600. The number of rotatable bonds is 24. The molecule has 3 aromatic rings. The Hall–Kier alpha value is -4.12. The number of unbranched alkanes of at least 4 members (excludes halogenated alkanes) is 10. The van der Waals surface area contributed by atoms with Crippen LogP contribution in [0.1, 0.15) is 139 Å². The first kappa shape index (κ1) is 46.9. The van der Waals surface area contributed by atoms with Gasteiger partial charge in [0.25, 0.3) is 0 Å². The van der Waals surface area contributed by atoms with Crippen LogP contribution in [0.5, 0.6) is 0 Å². The number of pyridine rings is 1. The number of aromatic nitrogens is 1. The molecule has 0 saturated carbocycles. The summed E-state index contributed by atoms with van der Waals surface area (Å²) in [5, 5.41) is 18.2. The average molecular weight is 824 g/mol.